The fraction of sp³-hybridized carbons (Fsp3) is 0.462. The first kappa shape index (κ1) is 15.4. The Bertz CT molecular complexity index is 701. The van der Waals surface area contributed by atoms with Crippen molar-refractivity contribution in [3.05, 3.63) is 29.9 Å². The van der Waals surface area contributed by atoms with Crippen LogP contribution in [0.15, 0.2) is 22.9 Å². The molecule has 0 radical (unpaired) electrons. The number of piperidine rings is 1. The summed E-state index contributed by atoms with van der Waals surface area (Å²) in [4.78, 5) is 16.4. The van der Waals surface area contributed by atoms with Crippen molar-refractivity contribution in [3.63, 3.8) is 0 Å². The molecule has 0 aromatic carbocycles. The van der Waals surface area contributed by atoms with Crippen molar-refractivity contribution >= 4 is 12.0 Å². The third kappa shape index (κ3) is 3.15. The number of rotatable bonds is 3. The van der Waals surface area contributed by atoms with Gasteiger partial charge in [-0.2, -0.15) is 23.3 Å². The predicted octanol–water partition coefficient (Wildman–Crippen LogP) is 2.43. The smallest absolute Gasteiger partial charge is 0.435 e. The van der Waals surface area contributed by atoms with Crippen LogP contribution in [0.25, 0.3) is 0 Å². The topological polar surface area (TPSA) is 84.4 Å². The summed E-state index contributed by atoms with van der Waals surface area (Å²) in [6.45, 7) is 0.983. The molecule has 0 aliphatic carbocycles. The van der Waals surface area contributed by atoms with Gasteiger partial charge < -0.3 is 14.4 Å². The van der Waals surface area contributed by atoms with Gasteiger partial charge in [-0.25, -0.2) is 4.79 Å². The van der Waals surface area contributed by atoms with Crippen LogP contribution in [-0.4, -0.2) is 38.9 Å². The fourth-order valence-electron chi connectivity index (χ4n) is 2.52. The van der Waals surface area contributed by atoms with E-state index in [-0.39, 0.29) is 17.8 Å². The van der Waals surface area contributed by atoms with Gasteiger partial charge in [-0.1, -0.05) is 0 Å². The average Bonchev–Trinajstić information content (AvgIpc) is 3.16. The number of anilines is 1. The van der Waals surface area contributed by atoms with E-state index in [4.69, 9.17) is 9.52 Å². The number of carbonyl (C=O) groups is 1. The molecule has 1 fully saturated rings. The predicted molar refractivity (Wildman–Crippen MR) is 71.2 cm³/mol. The molecule has 1 aliphatic rings. The van der Waals surface area contributed by atoms with Gasteiger partial charge in [0.15, 0.2) is 11.4 Å². The molecule has 0 unspecified atom stereocenters. The van der Waals surface area contributed by atoms with Gasteiger partial charge in [-0.05, 0) is 18.9 Å². The van der Waals surface area contributed by atoms with Crippen LogP contribution in [0, 0.1) is 0 Å². The maximum Gasteiger partial charge on any atom is 0.435 e. The van der Waals surface area contributed by atoms with Gasteiger partial charge in [0, 0.05) is 19.3 Å². The highest BCUT2D eigenvalue weighted by Gasteiger charge is 2.34. The minimum Gasteiger partial charge on any atom is -0.476 e. The lowest BCUT2D eigenvalue weighted by Gasteiger charge is -2.30. The number of carboxylic acid groups (broad SMARTS) is 1. The van der Waals surface area contributed by atoms with Crippen molar-refractivity contribution in [1.82, 2.24) is 14.8 Å². The highest BCUT2D eigenvalue weighted by Crippen LogP contribution is 2.30. The number of alkyl halides is 3. The molecule has 0 amide bonds. The maximum absolute atomic E-state index is 12.6. The number of aromatic carboxylic acids is 1. The van der Waals surface area contributed by atoms with E-state index in [9.17, 15) is 18.0 Å². The Labute approximate surface area is 128 Å². The second kappa shape index (κ2) is 5.60. The van der Waals surface area contributed by atoms with Crippen molar-refractivity contribution in [2.24, 2.45) is 0 Å². The van der Waals surface area contributed by atoms with Gasteiger partial charge in [0.25, 0.3) is 6.01 Å². The van der Waals surface area contributed by atoms with Crippen LogP contribution in [-0.2, 0) is 6.18 Å². The first-order valence-corrected chi connectivity index (χ1v) is 6.90. The van der Waals surface area contributed by atoms with E-state index in [0.29, 0.717) is 25.9 Å². The van der Waals surface area contributed by atoms with Gasteiger partial charge >= 0.3 is 12.1 Å². The first-order valence-electron chi connectivity index (χ1n) is 6.90. The zero-order chi connectivity index (χ0) is 16.6. The van der Waals surface area contributed by atoms with E-state index in [1.54, 1.807) is 4.90 Å². The molecule has 2 aromatic heterocycles. The average molecular weight is 330 g/mol. The number of nitrogens with zero attached hydrogens (tertiary/aromatic N) is 4. The van der Waals surface area contributed by atoms with E-state index in [1.807, 2.05) is 0 Å². The van der Waals surface area contributed by atoms with Crippen LogP contribution in [0.5, 0.6) is 0 Å². The summed E-state index contributed by atoms with van der Waals surface area (Å²) in [7, 11) is 0. The molecule has 1 saturated heterocycles. The van der Waals surface area contributed by atoms with Crippen LogP contribution in [0.1, 0.15) is 35.1 Å². The summed E-state index contributed by atoms with van der Waals surface area (Å²) < 4.78 is 44.1. The van der Waals surface area contributed by atoms with Crippen molar-refractivity contribution in [2.45, 2.75) is 25.1 Å². The van der Waals surface area contributed by atoms with Gasteiger partial charge in [0.2, 0.25) is 0 Å². The van der Waals surface area contributed by atoms with Crippen LogP contribution >= 0.6 is 0 Å². The number of hydrogen-bond acceptors (Lipinski definition) is 5. The summed E-state index contributed by atoms with van der Waals surface area (Å²) in [6.07, 6.45) is -0.936. The lowest BCUT2D eigenvalue weighted by atomic mass is 10.1. The normalized spacial score (nSPS) is 16.7. The first-order chi connectivity index (χ1) is 10.8. The van der Waals surface area contributed by atoms with E-state index in [1.165, 1.54) is 10.9 Å². The highest BCUT2D eigenvalue weighted by molar-refractivity contribution is 5.85. The molecule has 3 heterocycles. The lowest BCUT2D eigenvalue weighted by molar-refractivity contribution is -0.141. The number of carboxylic acids is 1. The molecule has 3 rings (SSSR count). The molecule has 0 saturated carbocycles. The molecule has 1 aliphatic heterocycles. The Balaban J connectivity index is 1.64. The van der Waals surface area contributed by atoms with Crippen LogP contribution in [0.3, 0.4) is 0 Å². The SMILES string of the molecule is O=C(O)c1coc(N2CCC(n3ccc(C(F)(F)F)n3)CC2)n1. The van der Waals surface area contributed by atoms with Crippen molar-refractivity contribution < 1.29 is 27.5 Å². The molecule has 124 valence electrons. The van der Waals surface area contributed by atoms with Crippen LogP contribution in [0.4, 0.5) is 19.2 Å². The second-order valence-electron chi connectivity index (χ2n) is 5.22. The van der Waals surface area contributed by atoms with E-state index in [2.05, 4.69) is 10.1 Å². The molecule has 0 spiro atoms. The number of halogens is 3. The quantitative estimate of drug-likeness (QED) is 0.930. The van der Waals surface area contributed by atoms with Crippen molar-refractivity contribution in [3.8, 4) is 0 Å². The second-order valence-corrected chi connectivity index (χ2v) is 5.22. The third-order valence-electron chi connectivity index (χ3n) is 3.72. The maximum atomic E-state index is 12.6. The molecule has 23 heavy (non-hydrogen) atoms. The lowest BCUT2D eigenvalue weighted by Crippen LogP contribution is -2.35. The number of hydrogen-bond donors (Lipinski definition) is 1. The molecule has 0 bridgehead atoms. The molecule has 7 nitrogen and oxygen atoms in total. The minimum absolute atomic E-state index is 0.142. The zero-order valence-corrected chi connectivity index (χ0v) is 11.8. The monoisotopic (exact) mass is 330 g/mol. The van der Waals surface area contributed by atoms with Crippen molar-refractivity contribution in [1.29, 1.82) is 0 Å². The summed E-state index contributed by atoms with van der Waals surface area (Å²) in [5, 5.41) is 12.4. The Morgan fingerprint density at radius 1 is 1.35 bits per heavy atom. The standard InChI is InChI=1S/C13H13F3N4O3/c14-13(15,16)10-3-6-20(18-10)8-1-4-19(5-2-8)12-17-9(7-23-12)11(21)22/h3,6-8H,1-2,4-5H2,(H,21,22). The van der Waals surface area contributed by atoms with Gasteiger partial charge in [-0.15, -0.1) is 0 Å². The number of oxazole rings is 1. The fourth-order valence-corrected chi connectivity index (χ4v) is 2.52. The Hall–Kier alpha value is -2.52. The van der Waals surface area contributed by atoms with E-state index < -0.39 is 17.8 Å². The zero-order valence-electron chi connectivity index (χ0n) is 11.8. The van der Waals surface area contributed by atoms with Crippen LogP contribution in [0.2, 0.25) is 0 Å². The van der Waals surface area contributed by atoms with E-state index >= 15 is 0 Å². The van der Waals surface area contributed by atoms with Gasteiger partial charge in [-0.3, -0.25) is 4.68 Å². The summed E-state index contributed by atoms with van der Waals surface area (Å²) in [6, 6.07) is 1.02. The molecule has 2 aromatic rings. The Morgan fingerprint density at radius 3 is 2.57 bits per heavy atom. The number of aromatic nitrogens is 3. The van der Waals surface area contributed by atoms with E-state index in [0.717, 1.165) is 12.3 Å². The Morgan fingerprint density at radius 2 is 2.04 bits per heavy atom. The molecule has 10 heteroatoms. The summed E-state index contributed by atoms with van der Waals surface area (Å²) in [5.41, 5.74) is -1.08. The minimum atomic E-state index is -4.45. The van der Waals surface area contributed by atoms with Crippen LogP contribution < -0.4 is 4.90 Å². The molecular formula is C13H13F3N4O3. The Kier molecular flexibility index (Phi) is 3.74. The van der Waals surface area contributed by atoms with Gasteiger partial charge in [0.05, 0.1) is 6.04 Å². The molecule has 1 N–H and O–H groups in total. The van der Waals surface area contributed by atoms with Gasteiger partial charge in [0.1, 0.15) is 6.26 Å². The summed E-state index contributed by atoms with van der Waals surface area (Å²) in [5.74, 6) is -1.17. The summed E-state index contributed by atoms with van der Waals surface area (Å²) >= 11 is 0. The largest absolute Gasteiger partial charge is 0.476 e. The third-order valence-corrected chi connectivity index (χ3v) is 3.72. The highest BCUT2D eigenvalue weighted by atomic mass is 19.4. The molecular weight excluding hydrogens is 317 g/mol. The van der Waals surface area contributed by atoms with Crippen molar-refractivity contribution in [2.75, 3.05) is 18.0 Å². The molecule has 0 atom stereocenters.